The highest BCUT2D eigenvalue weighted by Crippen LogP contribution is 2.33. The van der Waals surface area contributed by atoms with Gasteiger partial charge in [-0.2, -0.15) is 0 Å². The standard InChI is InChI=1S/C21H23IO12/c1-9(23)29-14-6-13(22)7-15(8-14)33-21-19(32-12(4)26)17(31-11(3)25)16(30-10(2)24)18(34-21)20(27)28-5/h6-8,16-19,21H,1-5H3/t16-,17-,18-,19-,21+/m1/s1. The van der Waals surface area contributed by atoms with E-state index in [1.807, 2.05) is 22.6 Å². The minimum Gasteiger partial charge on any atom is -0.467 e. The van der Waals surface area contributed by atoms with Crippen molar-refractivity contribution in [3.8, 4) is 11.5 Å². The van der Waals surface area contributed by atoms with Gasteiger partial charge in [0.05, 0.1) is 7.11 Å². The van der Waals surface area contributed by atoms with E-state index in [1.165, 1.54) is 13.0 Å². The third-order valence-corrected chi connectivity index (χ3v) is 4.82. The minimum atomic E-state index is -1.59. The number of hydrogen-bond donors (Lipinski definition) is 0. The first kappa shape index (κ1) is 27.3. The molecule has 5 atom stereocenters. The lowest BCUT2D eigenvalue weighted by atomic mass is 9.97. The second-order valence-electron chi connectivity index (χ2n) is 7.00. The molecule has 186 valence electrons. The fourth-order valence-electron chi connectivity index (χ4n) is 3.14. The largest absolute Gasteiger partial charge is 0.467 e. The van der Waals surface area contributed by atoms with Crippen LogP contribution in [-0.4, -0.2) is 67.7 Å². The number of benzene rings is 1. The summed E-state index contributed by atoms with van der Waals surface area (Å²) in [5.74, 6) is -3.67. The molecular formula is C21H23IO12. The molecule has 0 N–H and O–H groups in total. The molecule has 1 aromatic carbocycles. The third kappa shape index (κ3) is 7.55. The van der Waals surface area contributed by atoms with E-state index < -0.39 is 60.6 Å². The maximum absolute atomic E-state index is 12.4. The molecule has 1 saturated heterocycles. The number of carbonyl (C=O) groups excluding carboxylic acids is 5. The van der Waals surface area contributed by atoms with Crippen LogP contribution < -0.4 is 9.47 Å². The number of ether oxygens (including phenoxy) is 7. The Morgan fingerprint density at radius 2 is 1.29 bits per heavy atom. The van der Waals surface area contributed by atoms with Crippen molar-refractivity contribution < 1.29 is 57.1 Å². The fourth-order valence-corrected chi connectivity index (χ4v) is 3.75. The van der Waals surface area contributed by atoms with E-state index in [4.69, 9.17) is 33.2 Å². The van der Waals surface area contributed by atoms with Gasteiger partial charge in [-0.15, -0.1) is 0 Å². The fraction of sp³-hybridized carbons (Fsp3) is 0.476. The first-order chi connectivity index (χ1) is 15.9. The summed E-state index contributed by atoms with van der Waals surface area (Å²) in [4.78, 5) is 59.2. The zero-order chi connectivity index (χ0) is 25.6. The average Bonchev–Trinajstić information content (AvgIpc) is 2.69. The first-order valence-electron chi connectivity index (χ1n) is 9.81. The molecule has 0 aromatic heterocycles. The summed E-state index contributed by atoms with van der Waals surface area (Å²) in [7, 11) is 1.08. The monoisotopic (exact) mass is 594 g/mol. The second-order valence-corrected chi connectivity index (χ2v) is 8.25. The predicted octanol–water partition coefficient (Wildman–Crippen LogP) is 1.29. The summed E-state index contributed by atoms with van der Waals surface area (Å²) < 4.78 is 37.7. The molecule has 1 aliphatic rings. The van der Waals surface area contributed by atoms with Crippen LogP contribution in [0.2, 0.25) is 0 Å². The second kappa shape index (κ2) is 12.0. The van der Waals surface area contributed by atoms with Gasteiger partial charge in [0.1, 0.15) is 11.5 Å². The molecule has 0 unspecified atom stereocenters. The van der Waals surface area contributed by atoms with Crippen molar-refractivity contribution in [3.05, 3.63) is 21.8 Å². The average molecular weight is 594 g/mol. The molecule has 0 amide bonds. The van der Waals surface area contributed by atoms with Crippen LogP contribution in [-0.2, 0) is 47.7 Å². The topological polar surface area (TPSA) is 150 Å². The quantitative estimate of drug-likeness (QED) is 0.194. The van der Waals surface area contributed by atoms with Crippen LogP contribution in [0.4, 0.5) is 0 Å². The van der Waals surface area contributed by atoms with Crippen LogP contribution >= 0.6 is 22.6 Å². The molecule has 1 aliphatic heterocycles. The van der Waals surface area contributed by atoms with Gasteiger partial charge in [0.25, 0.3) is 0 Å². The number of rotatable bonds is 7. The molecule has 0 radical (unpaired) electrons. The molecule has 34 heavy (non-hydrogen) atoms. The summed E-state index contributed by atoms with van der Waals surface area (Å²) in [6.45, 7) is 4.48. The Labute approximate surface area is 208 Å². The van der Waals surface area contributed by atoms with Gasteiger partial charge in [-0.25, -0.2) is 4.79 Å². The molecule has 0 saturated carbocycles. The summed E-state index contributed by atoms with van der Waals surface area (Å²) in [6, 6.07) is 4.48. The van der Waals surface area contributed by atoms with Gasteiger partial charge in [0.15, 0.2) is 18.3 Å². The zero-order valence-electron chi connectivity index (χ0n) is 18.9. The smallest absolute Gasteiger partial charge is 0.339 e. The minimum absolute atomic E-state index is 0.112. The van der Waals surface area contributed by atoms with E-state index in [9.17, 15) is 24.0 Å². The Bertz CT molecular complexity index is 961. The molecule has 2 rings (SSSR count). The Morgan fingerprint density at radius 3 is 1.82 bits per heavy atom. The van der Waals surface area contributed by atoms with E-state index in [1.54, 1.807) is 12.1 Å². The number of halogens is 1. The van der Waals surface area contributed by atoms with Crippen LogP contribution in [0, 0.1) is 3.57 Å². The van der Waals surface area contributed by atoms with Gasteiger partial charge in [-0.1, -0.05) is 0 Å². The van der Waals surface area contributed by atoms with Crippen molar-refractivity contribution in [2.45, 2.75) is 58.4 Å². The lowest BCUT2D eigenvalue weighted by molar-refractivity contribution is -0.282. The summed E-state index contributed by atoms with van der Waals surface area (Å²) >= 11 is 1.96. The first-order valence-corrected chi connectivity index (χ1v) is 10.9. The SMILES string of the molecule is COC(=O)[C@@H]1O[C@H](Oc2cc(I)cc(OC(C)=O)c2)[C@H](OC(C)=O)[C@H](OC(C)=O)[C@H]1OC(C)=O. The van der Waals surface area contributed by atoms with Gasteiger partial charge in [0.2, 0.25) is 12.4 Å². The van der Waals surface area contributed by atoms with Crippen molar-refractivity contribution in [2.24, 2.45) is 0 Å². The van der Waals surface area contributed by atoms with Crippen molar-refractivity contribution >= 4 is 52.4 Å². The summed E-state index contributed by atoms with van der Waals surface area (Å²) in [5, 5.41) is 0. The van der Waals surface area contributed by atoms with E-state index in [0.717, 1.165) is 27.9 Å². The number of methoxy groups -OCH3 is 1. The van der Waals surface area contributed by atoms with Crippen molar-refractivity contribution in [1.82, 2.24) is 0 Å². The molecule has 1 aromatic rings. The van der Waals surface area contributed by atoms with Crippen LogP contribution in [0.25, 0.3) is 0 Å². The van der Waals surface area contributed by atoms with E-state index in [-0.39, 0.29) is 11.5 Å². The lowest BCUT2D eigenvalue weighted by Gasteiger charge is -2.43. The van der Waals surface area contributed by atoms with E-state index >= 15 is 0 Å². The highest BCUT2D eigenvalue weighted by Gasteiger charge is 2.55. The summed E-state index contributed by atoms with van der Waals surface area (Å²) in [5.41, 5.74) is 0. The van der Waals surface area contributed by atoms with Crippen molar-refractivity contribution in [1.29, 1.82) is 0 Å². The highest BCUT2D eigenvalue weighted by molar-refractivity contribution is 14.1. The predicted molar refractivity (Wildman–Crippen MR) is 118 cm³/mol. The Morgan fingerprint density at radius 1 is 0.765 bits per heavy atom. The maximum atomic E-state index is 12.4. The molecule has 1 heterocycles. The van der Waals surface area contributed by atoms with E-state index in [2.05, 4.69) is 0 Å². The lowest BCUT2D eigenvalue weighted by Crippen LogP contribution is -2.64. The normalized spacial score (nSPS) is 23.8. The van der Waals surface area contributed by atoms with Crippen molar-refractivity contribution in [2.75, 3.05) is 7.11 Å². The maximum Gasteiger partial charge on any atom is 0.339 e. The van der Waals surface area contributed by atoms with Gasteiger partial charge in [-0.05, 0) is 34.7 Å². The molecule has 0 spiro atoms. The van der Waals surface area contributed by atoms with E-state index in [0.29, 0.717) is 3.57 Å². The van der Waals surface area contributed by atoms with Crippen LogP contribution in [0.3, 0.4) is 0 Å². The molecule has 0 bridgehead atoms. The number of carbonyl (C=O) groups is 5. The van der Waals surface area contributed by atoms with Crippen LogP contribution in [0.5, 0.6) is 11.5 Å². The van der Waals surface area contributed by atoms with Crippen LogP contribution in [0.1, 0.15) is 27.7 Å². The number of esters is 5. The Hall–Kier alpha value is -2.94. The Balaban J connectivity index is 2.53. The van der Waals surface area contributed by atoms with Gasteiger partial charge in [-0.3, -0.25) is 19.2 Å². The molecule has 1 fully saturated rings. The molecule has 12 nitrogen and oxygen atoms in total. The van der Waals surface area contributed by atoms with Gasteiger partial charge < -0.3 is 33.2 Å². The molecule has 0 aliphatic carbocycles. The van der Waals surface area contributed by atoms with Crippen molar-refractivity contribution in [3.63, 3.8) is 0 Å². The Kier molecular flexibility index (Phi) is 9.61. The number of hydrogen-bond acceptors (Lipinski definition) is 12. The molecular weight excluding hydrogens is 571 g/mol. The third-order valence-electron chi connectivity index (χ3n) is 4.19. The van der Waals surface area contributed by atoms with Crippen LogP contribution in [0.15, 0.2) is 18.2 Å². The zero-order valence-corrected chi connectivity index (χ0v) is 21.1. The van der Waals surface area contributed by atoms with Gasteiger partial charge in [0, 0.05) is 37.3 Å². The molecule has 13 heteroatoms. The summed E-state index contributed by atoms with van der Waals surface area (Å²) in [6.07, 6.45) is -7.56. The van der Waals surface area contributed by atoms with Gasteiger partial charge >= 0.3 is 29.8 Å². The highest BCUT2D eigenvalue weighted by atomic mass is 127.